The fraction of sp³-hybridized carbons (Fsp3) is 0.609. The number of likely N-dealkylation sites (tertiary alicyclic amines) is 1. The summed E-state index contributed by atoms with van der Waals surface area (Å²) in [6, 6.07) is 4.62. The first-order valence-electron chi connectivity index (χ1n) is 10.3. The standard InChI is InChI=1S/C23H27NO4/c1-13(25)15-12-21-7-8-23(15,27-4)20-22(21)9-10-24(2)17(21)11-14-5-6-16(26-3)19(28-20)18(14)22/h5-8,15,17,20H,9-12H2,1-4H3/t15-,17?,20-,21?,22+,23+/m1/s1. The number of nitrogens with zero attached hydrogens (tertiary/aromatic N) is 1. The van der Waals surface area contributed by atoms with E-state index in [4.69, 9.17) is 14.2 Å². The molecule has 0 aromatic heterocycles. The first-order valence-corrected chi connectivity index (χ1v) is 10.3. The van der Waals surface area contributed by atoms with Gasteiger partial charge >= 0.3 is 0 Å². The lowest BCUT2D eigenvalue weighted by molar-refractivity contribution is -0.212. The third-order valence-electron chi connectivity index (χ3n) is 8.77. The molecule has 7 rings (SSSR count). The summed E-state index contributed by atoms with van der Waals surface area (Å²) in [7, 11) is 5.67. The summed E-state index contributed by atoms with van der Waals surface area (Å²) in [5, 5.41) is 0. The summed E-state index contributed by atoms with van der Waals surface area (Å²) < 4.78 is 18.7. The summed E-state index contributed by atoms with van der Waals surface area (Å²) in [4.78, 5) is 15.3. The number of methoxy groups -OCH3 is 2. The number of ether oxygens (including phenoxy) is 3. The van der Waals surface area contributed by atoms with E-state index in [1.165, 1.54) is 11.1 Å². The molecule has 1 aromatic rings. The van der Waals surface area contributed by atoms with Gasteiger partial charge in [-0.1, -0.05) is 18.2 Å². The Morgan fingerprint density at radius 1 is 1.29 bits per heavy atom. The molecule has 2 unspecified atom stereocenters. The first kappa shape index (κ1) is 17.0. The van der Waals surface area contributed by atoms with Gasteiger partial charge in [0.05, 0.1) is 18.4 Å². The maximum atomic E-state index is 12.8. The Morgan fingerprint density at radius 3 is 2.82 bits per heavy atom. The van der Waals surface area contributed by atoms with Gasteiger partial charge in [-0.05, 0) is 51.4 Å². The van der Waals surface area contributed by atoms with E-state index in [-0.39, 0.29) is 28.6 Å². The number of piperidine rings is 1. The molecule has 148 valence electrons. The number of hydrogen-bond acceptors (Lipinski definition) is 5. The van der Waals surface area contributed by atoms with Crippen LogP contribution in [0.4, 0.5) is 0 Å². The molecule has 28 heavy (non-hydrogen) atoms. The lowest BCUT2D eigenvalue weighted by Gasteiger charge is -2.70. The number of fused-ring (bicyclic) bond motifs is 1. The van der Waals surface area contributed by atoms with E-state index >= 15 is 0 Å². The Kier molecular flexibility index (Phi) is 3.05. The van der Waals surface area contributed by atoms with Crippen molar-refractivity contribution >= 4 is 5.78 Å². The molecule has 4 bridgehead atoms. The van der Waals surface area contributed by atoms with E-state index in [0.29, 0.717) is 6.04 Å². The van der Waals surface area contributed by atoms with Gasteiger partial charge in [-0.15, -0.1) is 0 Å². The third-order valence-corrected chi connectivity index (χ3v) is 8.77. The minimum absolute atomic E-state index is 0.105. The number of hydrogen-bond donors (Lipinski definition) is 0. The topological polar surface area (TPSA) is 48.0 Å². The number of benzene rings is 1. The van der Waals surface area contributed by atoms with Crippen LogP contribution in [-0.4, -0.2) is 56.2 Å². The zero-order chi connectivity index (χ0) is 19.5. The molecule has 4 aliphatic carbocycles. The average molecular weight is 381 g/mol. The van der Waals surface area contributed by atoms with E-state index in [0.717, 1.165) is 37.3 Å². The number of carbonyl (C=O) groups is 1. The second kappa shape index (κ2) is 5.00. The normalized spacial score (nSPS) is 44.2. The van der Waals surface area contributed by atoms with Crippen molar-refractivity contribution in [2.24, 2.45) is 11.3 Å². The monoisotopic (exact) mass is 381 g/mol. The van der Waals surface area contributed by atoms with E-state index in [1.807, 2.05) is 6.07 Å². The molecular formula is C23H27NO4. The van der Waals surface area contributed by atoms with Crippen molar-refractivity contribution in [1.29, 1.82) is 0 Å². The Morgan fingerprint density at radius 2 is 2.11 bits per heavy atom. The van der Waals surface area contributed by atoms with Gasteiger partial charge in [0.25, 0.3) is 0 Å². The minimum Gasteiger partial charge on any atom is -0.493 e. The van der Waals surface area contributed by atoms with Crippen molar-refractivity contribution in [3.05, 3.63) is 35.4 Å². The molecule has 1 aromatic carbocycles. The van der Waals surface area contributed by atoms with Crippen molar-refractivity contribution < 1.29 is 19.0 Å². The molecule has 5 nitrogen and oxygen atoms in total. The van der Waals surface area contributed by atoms with Gasteiger partial charge in [0.15, 0.2) is 11.5 Å². The Balaban J connectivity index is 1.72. The SMILES string of the molecule is COc1ccc2c3c1O[C@H]1[C@]4(OC)C=CC5(C[C@@H]4C(C)=O)C(C2)N(C)CC[C@]315. The lowest BCUT2D eigenvalue weighted by Crippen LogP contribution is -2.79. The van der Waals surface area contributed by atoms with E-state index in [1.54, 1.807) is 21.1 Å². The van der Waals surface area contributed by atoms with Gasteiger partial charge in [0, 0.05) is 24.1 Å². The molecule has 0 amide bonds. The summed E-state index contributed by atoms with van der Waals surface area (Å²) in [6.45, 7) is 2.74. The number of ketones is 1. The molecule has 5 heteroatoms. The van der Waals surface area contributed by atoms with Crippen molar-refractivity contribution in [1.82, 2.24) is 4.90 Å². The van der Waals surface area contributed by atoms with Crippen LogP contribution in [0.25, 0.3) is 0 Å². The molecule has 1 saturated carbocycles. The van der Waals surface area contributed by atoms with E-state index < -0.39 is 5.60 Å². The van der Waals surface area contributed by atoms with Crippen LogP contribution < -0.4 is 9.47 Å². The van der Waals surface area contributed by atoms with Crippen LogP contribution in [0.15, 0.2) is 24.3 Å². The van der Waals surface area contributed by atoms with Gasteiger partial charge < -0.3 is 19.1 Å². The average Bonchev–Trinajstić information content (AvgIpc) is 3.07. The van der Waals surface area contributed by atoms with Crippen molar-refractivity contribution in [3.8, 4) is 11.5 Å². The van der Waals surface area contributed by atoms with Gasteiger partial charge in [-0.2, -0.15) is 0 Å². The van der Waals surface area contributed by atoms with Crippen LogP contribution in [0.1, 0.15) is 30.9 Å². The van der Waals surface area contributed by atoms with Crippen LogP contribution in [0.2, 0.25) is 0 Å². The quantitative estimate of drug-likeness (QED) is 0.753. The van der Waals surface area contributed by atoms with Crippen molar-refractivity contribution in [3.63, 3.8) is 0 Å². The van der Waals surface area contributed by atoms with Crippen molar-refractivity contribution in [2.75, 3.05) is 27.8 Å². The summed E-state index contributed by atoms with van der Waals surface area (Å²) in [6.07, 6.45) is 7.19. The van der Waals surface area contributed by atoms with Gasteiger partial charge in [-0.25, -0.2) is 0 Å². The largest absolute Gasteiger partial charge is 0.493 e. The zero-order valence-electron chi connectivity index (χ0n) is 17.0. The Labute approximate surface area is 165 Å². The van der Waals surface area contributed by atoms with E-state index in [9.17, 15) is 4.79 Å². The molecule has 0 radical (unpaired) electrons. The maximum absolute atomic E-state index is 12.8. The first-order chi connectivity index (χ1) is 13.4. The predicted octanol–water partition coefficient (Wildman–Crippen LogP) is 2.50. The van der Waals surface area contributed by atoms with Gasteiger partial charge in [-0.3, -0.25) is 4.79 Å². The predicted molar refractivity (Wildman–Crippen MR) is 104 cm³/mol. The number of carbonyl (C=O) groups excluding carboxylic acids is 1. The molecule has 1 saturated heterocycles. The molecule has 0 N–H and O–H groups in total. The highest BCUT2D eigenvalue weighted by atomic mass is 16.6. The van der Waals surface area contributed by atoms with Gasteiger partial charge in [0.1, 0.15) is 17.5 Å². The van der Waals surface area contributed by atoms with Crippen LogP contribution in [0, 0.1) is 11.3 Å². The van der Waals surface area contributed by atoms with Gasteiger partial charge in [0.2, 0.25) is 0 Å². The smallest absolute Gasteiger partial charge is 0.166 e. The fourth-order valence-electron chi connectivity index (χ4n) is 7.67. The molecular weight excluding hydrogens is 354 g/mol. The highest BCUT2D eigenvalue weighted by Crippen LogP contribution is 2.74. The number of rotatable bonds is 3. The second-order valence-electron chi connectivity index (χ2n) is 9.35. The summed E-state index contributed by atoms with van der Waals surface area (Å²) in [5.41, 5.74) is 1.72. The highest BCUT2D eigenvalue weighted by molar-refractivity contribution is 5.82. The lowest BCUT2D eigenvalue weighted by atomic mass is 9.37. The zero-order valence-corrected chi connectivity index (χ0v) is 17.0. The molecule has 2 heterocycles. The molecule has 2 fully saturated rings. The summed E-state index contributed by atoms with van der Waals surface area (Å²) >= 11 is 0. The van der Waals surface area contributed by atoms with Crippen LogP contribution in [0.5, 0.6) is 11.5 Å². The summed E-state index contributed by atoms with van der Waals surface area (Å²) in [5.74, 6) is 1.68. The Hall–Kier alpha value is -1.85. The molecule has 2 spiro atoms. The number of Topliss-reactive ketones (excluding diaryl/α,β-unsaturated/α-hetero) is 1. The number of likely N-dealkylation sites (N-methyl/N-ethyl adjacent to an activating group) is 1. The maximum Gasteiger partial charge on any atom is 0.166 e. The van der Waals surface area contributed by atoms with Crippen LogP contribution >= 0.6 is 0 Å². The fourth-order valence-corrected chi connectivity index (χ4v) is 7.67. The molecule has 6 atom stereocenters. The van der Waals surface area contributed by atoms with Crippen molar-refractivity contribution in [2.45, 2.75) is 49.3 Å². The molecule has 6 aliphatic rings. The molecule has 2 aliphatic heterocycles. The van der Waals surface area contributed by atoms with Crippen LogP contribution in [0.3, 0.4) is 0 Å². The van der Waals surface area contributed by atoms with Crippen LogP contribution in [-0.2, 0) is 21.4 Å². The Bertz CT molecular complexity index is 941. The minimum atomic E-state index is -0.716. The second-order valence-corrected chi connectivity index (χ2v) is 9.35. The van der Waals surface area contributed by atoms with E-state index in [2.05, 4.69) is 30.2 Å². The highest BCUT2D eigenvalue weighted by Gasteiger charge is 2.79. The third kappa shape index (κ3) is 1.49.